The van der Waals surface area contributed by atoms with Crippen LogP contribution in [0.5, 0.6) is 5.75 Å². The Morgan fingerprint density at radius 1 is 0.867 bits per heavy atom. The molecular weight excluding hydrogens is 380 g/mol. The second-order valence-electron chi connectivity index (χ2n) is 7.06. The third-order valence-electron chi connectivity index (χ3n) is 5.09. The molecule has 0 radical (unpaired) electrons. The van der Waals surface area contributed by atoms with E-state index in [1.54, 1.807) is 4.90 Å². The monoisotopic (exact) mass is 404 g/mol. The molecule has 0 N–H and O–H groups in total. The fraction of sp³-hybridized carbons (Fsp3) is 0.261. The van der Waals surface area contributed by atoms with Crippen LogP contribution in [0.2, 0.25) is 0 Å². The number of anilines is 1. The fourth-order valence-corrected chi connectivity index (χ4v) is 3.46. The Morgan fingerprint density at radius 2 is 1.53 bits per heavy atom. The van der Waals surface area contributed by atoms with Crippen molar-refractivity contribution in [2.24, 2.45) is 0 Å². The molecule has 0 unspecified atom stereocenters. The molecule has 0 bridgehead atoms. The second kappa shape index (κ2) is 9.26. The van der Waals surface area contributed by atoms with E-state index in [2.05, 4.69) is 22.1 Å². The summed E-state index contributed by atoms with van der Waals surface area (Å²) in [6.07, 6.45) is 0. The number of ether oxygens (including phenoxy) is 1. The smallest absolute Gasteiger partial charge is 0.274 e. The average Bonchev–Trinajstić information content (AvgIpc) is 2.81. The minimum absolute atomic E-state index is 0.152. The van der Waals surface area contributed by atoms with Gasteiger partial charge in [0.1, 0.15) is 18.1 Å². The molecule has 7 heteroatoms. The van der Waals surface area contributed by atoms with Gasteiger partial charge in [0.2, 0.25) is 0 Å². The predicted octanol–water partition coefficient (Wildman–Crippen LogP) is 2.28. The lowest BCUT2D eigenvalue weighted by atomic mass is 10.2. The highest BCUT2D eigenvalue weighted by Gasteiger charge is 2.23. The average molecular weight is 404 g/mol. The first-order chi connectivity index (χ1) is 14.7. The maximum absolute atomic E-state index is 12.9. The molecule has 1 aliphatic heterocycles. The maximum Gasteiger partial charge on any atom is 0.274 e. The van der Waals surface area contributed by atoms with Gasteiger partial charge < -0.3 is 14.5 Å². The lowest BCUT2D eigenvalue weighted by Crippen LogP contribution is -2.49. The number of aromatic nitrogens is 2. The van der Waals surface area contributed by atoms with Crippen molar-refractivity contribution in [1.29, 1.82) is 0 Å². The zero-order valence-corrected chi connectivity index (χ0v) is 16.7. The third kappa shape index (κ3) is 4.68. The van der Waals surface area contributed by atoms with E-state index in [9.17, 15) is 9.59 Å². The first-order valence-electron chi connectivity index (χ1n) is 10.1. The third-order valence-corrected chi connectivity index (χ3v) is 5.09. The molecule has 30 heavy (non-hydrogen) atoms. The van der Waals surface area contributed by atoms with Crippen molar-refractivity contribution in [3.05, 3.63) is 88.8 Å². The first kappa shape index (κ1) is 19.7. The maximum atomic E-state index is 12.9. The van der Waals surface area contributed by atoms with E-state index in [-0.39, 0.29) is 23.7 Å². The lowest BCUT2D eigenvalue weighted by molar-refractivity contribution is 0.0737. The summed E-state index contributed by atoms with van der Waals surface area (Å²) < 4.78 is 6.92. The standard InChI is InChI=1S/C23H24N4O3/c28-22-12-11-21(24-27(22)17-18-30-20-9-5-2-6-10-20)23(29)26-15-13-25(14-16-26)19-7-3-1-4-8-19/h1-12H,13-18H2. The topological polar surface area (TPSA) is 67.7 Å². The minimum Gasteiger partial charge on any atom is -0.492 e. The summed E-state index contributed by atoms with van der Waals surface area (Å²) in [6, 6.07) is 22.5. The van der Waals surface area contributed by atoms with Crippen LogP contribution in [0.1, 0.15) is 10.5 Å². The van der Waals surface area contributed by atoms with Gasteiger partial charge in [-0.3, -0.25) is 9.59 Å². The van der Waals surface area contributed by atoms with Gasteiger partial charge in [0.25, 0.3) is 11.5 Å². The number of benzene rings is 2. The highest BCUT2D eigenvalue weighted by Crippen LogP contribution is 2.16. The van der Waals surface area contributed by atoms with Gasteiger partial charge in [0, 0.05) is 37.9 Å². The summed E-state index contributed by atoms with van der Waals surface area (Å²) in [7, 11) is 0. The second-order valence-corrected chi connectivity index (χ2v) is 7.06. The summed E-state index contributed by atoms with van der Waals surface area (Å²) in [4.78, 5) is 29.1. The Kier molecular flexibility index (Phi) is 6.08. The summed E-state index contributed by atoms with van der Waals surface area (Å²) in [5.41, 5.74) is 1.19. The van der Waals surface area contributed by atoms with E-state index in [1.807, 2.05) is 48.5 Å². The molecule has 7 nitrogen and oxygen atoms in total. The van der Waals surface area contributed by atoms with E-state index in [0.29, 0.717) is 19.7 Å². The number of carbonyl (C=O) groups is 1. The van der Waals surface area contributed by atoms with Crippen molar-refractivity contribution in [3.8, 4) is 5.75 Å². The summed E-state index contributed by atoms with van der Waals surface area (Å²) in [5, 5.41) is 4.28. The summed E-state index contributed by atoms with van der Waals surface area (Å²) >= 11 is 0. The Bertz CT molecular complexity index is 1030. The van der Waals surface area contributed by atoms with Crippen LogP contribution in [0, 0.1) is 0 Å². The number of nitrogens with zero attached hydrogens (tertiary/aromatic N) is 4. The predicted molar refractivity (Wildman–Crippen MR) is 115 cm³/mol. The normalized spacial score (nSPS) is 13.9. The van der Waals surface area contributed by atoms with Crippen molar-refractivity contribution < 1.29 is 9.53 Å². The zero-order valence-electron chi connectivity index (χ0n) is 16.7. The van der Waals surface area contributed by atoms with Crippen LogP contribution in [-0.2, 0) is 6.54 Å². The molecule has 0 spiro atoms. The van der Waals surface area contributed by atoms with Crippen LogP contribution in [0.25, 0.3) is 0 Å². The van der Waals surface area contributed by atoms with E-state index in [1.165, 1.54) is 16.8 Å². The van der Waals surface area contributed by atoms with Crippen LogP contribution in [0.4, 0.5) is 5.69 Å². The van der Waals surface area contributed by atoms with Gasteiger partial charge in [-0.25, -0.2) is 4.68 Å². The molecule has 0 saturated carbocycles. The minimum atomic E-state index is -0.253. The van der Waals surface area contributed by atoms with Gasteiger partial charge in [0.15, 0.2) is 0 Å². The van der Waals surface area contributed by atoms with Crippen LogP contribution in [-0.4, -0.2) is 53.4 Å². The SMILES string of the molecule is O=C(c1ccc(=O)n(CCOc2ccccc2)n1)N1CCN(c2ccccc2)CC1. The van der Waals surface area contributed by atoms with Gasteiger partial charge >= 0.3 is 0 Å². The number of para-hydroxylation sites is 2. The van der Waals surface area contributed by atoms with E-state index in [0.717, 1.165) is 24.5 Å². The number of rotatable bonds is 6. The van der Waals surface area contributed by atoms with Gasteiger partial charge in [-0.2, -0.15) is 5.10 Å². The number of hydrogen-bond acceptors (Lipinski definition) is 5. The number of amides is 1. The molecule has 4 rings (SSSR count). The molecule has 0 atom stereocenters. The summed E-state index contributed by atoms with van der Waals surface area (Å²) in [6.45, 7) is 3.33. The summed E-state index contributed by atoms with van der Waals surface area (Å²) in [5.74, 6) is 0.578. The largest absolute Gasteiger partial charge is 0.492 e. The fourth-order valence-electron chi connectivity index (χ4n) is 3.46. The van der Waals surface area contributed by atoms with Crippen molar-refractivity contribution >= 4 is 11.6 Å². The number of piperazine rings is 1. The molecule has 1 fully saturated rings. The zero-order chi connectivity index (χ0) is 20.8. The molecule has 0 aliphatic carbocycles. The first-order valence-corrected chi connectivity index (χ1v) is 10.1. The molecular formula is C23H24N4O3. The number of carbonyl (C=O) groups excluding carboxylic acids is 1. The molecule has 1 amide bonds. The molecule has 2 aromatic carbocycles. The molecule has 3 aromatic rings. The molecule has 1 saturated heterocycles. The van der Waals surface area contributed by atoms with Gasteiger partial charge in [0.05, 0.1) is 6.54 Å². The number of hydrogen-bond donors (Lipinski definition) is 0. The lowest BCUT2D eigenvalue weighted by Gasteiger charge is -2.36. The molecule has 1 aliphatic rings. The van der Waals surface area contributed by atoms with Crippen molar-refractivity contribution in [3.63, 3.8) is 0 Å². The molecule has 2 heterocycles. The van der Waals surface area contributed by atoms with Crippen LogP contribution < -0.4 is 15.2 Å². The van der Waals surface area contributed by atoms with Crippen molar-refractivity contribution in [2.45, 2.75) is 6.54 Å². The van der Waals surface area contributed by atoms with E-state index < -0.39 is 0 Å². The van der Waals surface area contributed by atoms with Crippen LogP contribution >= 0.6 is 0 Å². The van der Waals surface area contributed by atoms with Crippen LogP contribution in [0.15, 0.2) is 77.6 Å². The Hall–Kier alpha value is -3.61. The van der Waals surface area contributed by atoms with Gasteiger partial charge in [-0.1, -0.05) is 36.4 Å². The van der Waals surface area contributed by atoms with Crippen molar-refractivity contribution in [2.75, 3.05) is 37.7 Å². The van der Waals surface area contributed by atoms with E-state index >= 15 is 0 Å². The van der Waals surface area contributed by atoms with Crippen LogP contribution in [0.3, 0.4) is 0 Å². The van der Waals surface area contributed by atoms with Gasteiger partial charge in [-0.05, 0) is 30.3 Å². The molecule has 154 valence electrons. The Labute approximate surface area is 175 Å². The quantitative estimate of drug-likeness (QED) is 0.631. The molecule has 1 aromatic heterocycles. The van der Waals surface area contributed by atoms with Crippen molar-refractivity contribution in [1.82, 2.24) is 14.7 Å². The van der Waals surface area contributed by atoms with Gasteiger partial charge in [-0.15, -0.1) is 0 Å². The Morgan fingerprint density at radius 3 is 2.23 bits per heavy atom. The Balaban J connectivity index is 1.36. The van der Waals surface area contributed by atoms with E-state index in [4.69, 9.17) is 4.74 Å². The highest BCUT2D eigenvalue weighted by atomic mass is 16.5. The highest BCUT2D eigenvalue weighted by molar-refractivity contribution is 5.92.